The van der Waals surface area contributed by atoms with Gasteiger partial charge in [0.15, 0.2) is 5.65 Å². The van der Waals surface area contributed by atoms with E-state index in [4.69, 9.17) is 5.73 Å². The summed E-state index contributed by atoms with van der Waals surface area (Å²) in [5, 5.41) is 0. The van der Waals surface area contributed by atoms with Crippen LogP contribution in [-0.2, 0) is 0 Å². The molecule has 5 heteroatoms. The molecule has 5 nitrogen and oxygen atoms in total. The van der Waals surface area contributed by atoms with E-state index < -0.39 is 0 Å². The summed E-state index contributed by atoms with van der Waals surface area (Å²) in [5.74, 6) is 0.447. The number of para-hydroxylation sites is 2. The lowest BCUT2D eigenvalue weighted by Gasteiger charge is -2.18. The van der Waals surface area contributed by atoms with Crippen LogP contribution in [0.5, 0.6) is 0 Å². The zero-order valence-corrected chi connectivity index (χ0v) is 10.9. The zero-order chi connectivity index (χ0) is 13.4. The maximum Gasteiger partial charge on any atom is 0.207 e. The van der Waals surface area contributed by atoms with Crippen molar-refractivity contribution < 1.29 is 0 Å². The highest BCUT2D eigenvalue weighted by atomic mass is 15.2. The van der Waals surface area contributed by atoms with E-state index in [0.29, 0.717) is 5.95 Å². The van der Waals surface area contributed by atoms with Crippen LogP contribution in [-0.4, -0.2) is 28.6 Å². The molecule has 0 bridgehead atoms. The van der Waals surface area contributed by atoms with Gasteiger partial charge in [-0.05, 0) is 24.3 Å². The van der Waals surface area contributed by atoms with Crippen molar-refractivity contribution in [3.63, 3.8) is 0 Å². The lowest BCUT2D eigenvalue weighted by molar-refractivity contribution is 1.04. The number of anilines is 2. The Morgan fingerprint density at radius 1 is 1.11 bits per heavy atom. The summed E-state index contributed by atoms with van der Waals surface area (Å²) in [6, 6.07) is 11.8. The fraction of sp³-hybridized carbons (Fsp3) is 0.143. The van der Waals surface area contributed by atoms with Gasteiger partial charge in [0, 0.05) is 20.3 Å². The molecule has 0 spiro atoms. The number of hydrogen-bond donors (Lipinski definition) is 1. The number of nitrogens with zero attached hydrogens (tertiary/aromatic N) is 4. The van der Waals surface area contributed by atoms with Crippen LogP contribution in [0.3, 0.4) is 0 Å². The molecule has 0 fully saturated rings. The first-order valence-corrected chi connectivity index (χ1v) is 6.04. The van der Waals surface area contributed by atoms with Gasteiger partial charge in [-0.25, -0.2) is 9.97 Å². The van der Waals surface area contributed by atoms with Crippen LogP contribution < -0.4 is 10.6 Å². The van der Waals surface area contributed by atoms with Crippen LogP contribution in [0.2, 0.25) is 0 Å². The fourth-order valence-corrected chi connectivity index (χ4v) is 2.20. The number of aromatic nitrogens is 3. The first kappa shape index (κ1) is 11.5. The summed E-state index contributed by atoms with van der Waals surface area (Å²) >= 11 is 0. The van der Waals surface area contributed by atoms with Crippen molar-refractivity contribution in [3.05, 3.63) is 42.6 Å². The van der Waals surface area contributed by atoms with Crippen molar-refractivity contribution in [2.45, 2.75) is 0 Å². The van der Waals surface area contributed by atoms with Crippen molar-refractivity contribution in [3.8, 4) is 5.69 Å². The number of nitrogens with two attached hydrogens (primary N) is 1. The maximum atomic E-state index is 6.05. The van der Waals surface area contributed by atoms with Gasteiger partial charge in [0.2, 0.25) is 5.95 Å². The highest BCUT2D eigenvalue weighted by molar-refractivity contribution is 5.79. The van der Waals surface area contributed by atoms with E-state index >= 15 is 0 Å². The minimum atomic E-state index is 0.447. The van der Waals surface area contributed by atoms with Gasteiger partial charge in [-0.3, -0.25) is 4.57 Å². The van der Waals surface area contributed by atoms with E-state index in [2.05, 4.69) is 9.97 Å². The molecule has 0 atom stereocenters. The van der Waals surface area contributed by atoms with Crippen molar-refractivity contribution in [2.75, 3.05) is 24.7 Å². The Bertz CT molecular complexity index is 730. The summed E-state index contributed by atoms with van der Waals surface area (Å²) in [4.78, 5) is 10.8. The van der Waals surface area contributed by atoms with E-state index in [1.165, 1.54) is 0 Å². The van der Waals surface area contributed by atoms with Gasteiger partial charge in [0.1, 0.15) is 5.52 Å². The second-order valence-electron chi connectivity index (χ2n) is 4.53. The maximum absolute atomic E-state index is 6.05. The number of rotatable bonds is 2. The standard InChI is InChI=1S/C14H15N5/c1-18(2)11-7-3-4-8-12(11)19-13-10(17-14(19)15)6-5-9-16-13/h3-9H,1-2H3,(H2,15,17). The molecule has 2 heterocycles. The van der Waals surface area contributed by atoms with Gasteiger partial charge in [-0.15, -0.1) is 0 Å². The minimum Gasteiger partial charge on any atom is -0.376 e. The summed E-state index contributed by atoms with van der Waals surface area (Å²) < 4.78 is 1.88. The van der Waals surface area contributed by atoms with Crippen LogP contribution in [0.25, 0.3) is 16.9 Å². The molecule has 0 amide bonds. The molecule has 0 saturated carbocycles. The Hall–Kier alpha value is -2.56. The molecule has 0 unspecified atom stereocenters. The first-order chi connectivity index (χ1) is 9.18. The summed E-state index contributed by atoms with van der Waals surface area (Å²) in [7, 11) is 4.00. The molecule has 3 aromatic rings. The van der Waals surface area contributed by atoms with Gasteiger partial charge >= 0.3 is 0 Å². The monoisotopic (exact) mass is 253 g/mol. The third-order valence-corrected chi connectivity index (χ3v) is 3.05. The van der Waals surface area contributed by atoms with Crippen molar-refractivity contribution in [2.24, 2.45) is 0 Å². The summed E-state index contributed by atoms with van der Waals surface area (Å²) in [5.41, 5.74) is 9.67. The van der Waals surface area contributed by atoms with E-state index in [0.717, 1.165) is 22.5 Å². The molecule has 0 saturated heterocycles. The number of nitrogen functional groups attached to an aromatic ring is 1. The summed E-state index contributed by atoms with van der Waals surface area (Å²) in [6.07, 6.45) is 1.75. The lowest BCUT2D eigenvalue weighted by Crippen LogP contribution is -2.13. The van der Waals surface area contributed by atoms with Gasteiger partial charge in [-0.2, -0.15) is 0 Å². The van der Waals surface area contributed by atoms with Gasteiger partial charge in [-0.1, -0.05) is 12.1 Å². The average molecular weight is 253 g/mol. The van der Waals surface area contributed by atoms with Crippen molar-refractivity contribution in [1.82, 2.24) is 14.5 Å². The highest BCUT2D eigenvalue weighted by Crippen LogP contribution is 2.28. The molecule has 0 aliphatic carbocycles. The van der Waals surface area contributed by atoms with Crippen LogP contribution in [0.4, 0.5) is 11.6 Å². The molecule has 19 heavy (non-hydrogen) atoms. The topological polar surface area (TPSA) is 60.0 Å². The Balaban J connectivity index is 2.33. The predicted octanol–water partition coefficient (Wildman–Crippen LogP) is 2.07. The molecule has 0 aliphatic heterocycles. The molecule has 1 aromatic carbocycles. The third kappa shape index (κ3) is 1.79. The molecule has 3 rings (SSSR count). The smallest absolute Gasteiger partial charge is 0.207 e. The second kappa shape index (κ2) is 4.28. The Kier molecular flexibility index (Phi) is 2.59. The number of fused-ring (bicyclic) bond motifs is 1. The average Bonchev–Trinajstić information content (AvgIpc) is 2.74. The molecule has 2 N–H and O–H groups in total. The number of imidazole rings is 1. The molecular weight excluding hydrogens is 238 g/mol. The van der Waals surface area contributed by atoms with E-state index in [-0.39, 0.29) is 0 Å². The normalized spacial score (nSPS) is 10.8. The molecule has 2 aromatic heterocycles. The fourth-order valence-electron chi connectivity index (χ4n) is 2.20. The SMILES string of the molecule is CN(C)c1ccccc1-n1c(N)nc2cccnc21. The Morgan fingerprint density at radius 2 is 1.89 bits per heavy atom. The lowest BCUT2D eigenvalue weighted by atomic mass is 10.2. The van der Waals surface area contributed by atoms with E-state index in [1.807, 2.05) is 60.0 Å². The Morgan fingerprint density at radius 3 is 2.68 bits per heavy atom. The molecule has 0 radical (unpaired) electrons. The largest absolute Gasteiger partial charge is 0.376 e. The zero-order valence-electron chi connectivity index (χ0n) is 10.9. The quantitative estimate of drug-likeness (QED) is 0.759. The molecule has 96 valence electrons. The minimum absolute atomic E-state index is 0.447. The number of benzene rings is 1. The van der Waals surface area contributed by atoms with Gasteiger partial charge in [0.25, 0.3) is 0 Å². The van der Waals surface area contributed by atoms with Crippen molar-refractivity contribution >= 4 is 22.8 Å². The third-order valence-electron chi connectivity index (χ3n) is 3.05. The van der Waals surface area contributed by atoms with E-state index in [1.54, 1.807) is 6.20 Å². The number of hydrogen-bond acceptors (Lipinski definition) is 4. The van der Waals surface area contributed by atoms with Crippen LogP contribution in [0, 0.1) is 0 Å². The van der Waals surface area contributed by atoms with Crippen molar-refractivity contribution in [1.29, 1.82) is 0 Å². The Labute approximate surface area is 111 Å². The first-order valence-electron chi connectivity index (χ1n) is 6.04. The number of pyridine rings is 1. The molecular formula is C14H15N5. The van der Waals surface area contributed by atoms with Crippen LogP contribution in [0.15, 0.2) is 42.6 Å². The summed E-state index contributed by atoms with van der Waals surface area (Å²) in [6.45, 7) is 0. The van der Waals surface area contributed by atoms with Crippen LogP contribution in [0.1, 0.15) is 0 Å². The van der Waals surface area contributed by atoms with Gasteiger partial charge < -0.3 is 10.6 Å². The van der Waals surface area contributed by atoms with Crippen LogP contribution >= 0.6 is 0 Å². The predicted molar refractivity (Wildman–Crippen MR) is 77.6 cm³/mol. The molecule has 0 aliphatic rings. The van der Waals surface area contributed by atoms with E-state index in [9.17, 15) is 0 Å². The second-order valence-corrected chi connectivity index (χ2v) is 4.53. The highest BCUT2D eigenvalue weighted by Gasteiger charge is 2.14. The van der Waals surface area contributed by atoms with Gasteiger partial charge in [0.05, 0.1) is 11.4 Å².